The number of carbonyl (C=O) groups excluding carboxylic acids is 1. The monoisotopic (exact) mass is 264 g/mol. The summed E-state index contributed by atoms with van der Waals surface area (Å²) in [5.41, 5.74) is -0.0811. The van der Waals surface area contributed by atoms with Crippen molar-refractivity contribution in [2.45, 2.75) is 45.3 Å². The predicted octanol–water partition coefficient (Wildman–Crippen LogP) is 2.16. The van der Waals surface area contributed by atoms with Gasteiger partial charge in [-0.15, -0.1) is 0 Å². The van der Waals surface area contributed by atoms with Crippen molar-refractivity contribution in [2.75, 3.05) is 7.05 Å². The summed E-state index contributed by atoms with van der Waals surface area (Å²) in [6.07, 6.45) is 2.29. The highest BCUT2D eigenvalue weighted by atomic mass is 16.5. The number of nitrogens with zero attached hydrogens (tertiary/aromatic N) is 1. The lowest BCUT2D eigenvalue weighted by Crippen LogP contribution is -2.25. The fourth-order valence-corrected chi connectivity index (χ4v) is 1.54. The van der Waals surface area contributed by atoms with Gasteiger partial charge < -0.3 is 14.8 Å². The van der Waals surface area contributed by atoms with Crippen molar-refractivity contribution in [3.05, 3.63) is 17.8 Å². The third kappa shape index (κ3) is 3.84. The minimum atomic E-state index is -0.355. The van der Waals surface area contributed by atoms with Crippen LogP contribution < -0.4 is 14.8 Å². The molecular weight excluding hydrogens is 244 g/mol. The van der Waals surface area contributed by atoms with Crippen LogP contribution in [0.1, 0.15) is 44.1 Å². The summed E-state index contributed by atoms with van der Waals surface area (Å²) in [6, 6.07) is 3.48. The van der Waals surface area contributed by atoms with Crippen LogP contribution in [0, 0.1) is 0 Å². The molecule has 1 aromatic rings. The fraction of sp³-hybridized carbons (Fsp3) is 0.571. The van der Waals surface area contributed by atoms with E-state index in [0.717, 1.165) is 12.8 Å². The minimum absolute atomic E-state index is 0.222. The molecule has 0 atom stereocenters. The Morgan fingerprint density at radius 3 is 2.58 bits per heavy atom. The van der Waals surface area contributed by atoms with Gasteiger partial charge in [0.25, 0.3) is 5.91 Å². The summed E-state index contributed by atoms with van der Waals surface area (Å²) in [7, 11) is 1.57. The standard InChI is InChI=1S/C14H20N2O3/c1-14(2,3)19-11-8-7-10(18-9-5-6-9)12(16-11)13(17)15-4/h7-9H,5-6H2,1-4H3,(H,15,17). The number of hydrogen-bond donors (Lipinski definition) is 1. The van der Waals surface area contributed by atoms with E-state index in [4.69, 9.17) is 9.47 Å². The zero-order chi connectivity index (χ0) is 14.0. The number of nitrogens with one attached hydrogen (secondary N) is 1. The number of amides is 1. The lowest BCUT2D eigenvalue weighted by atomic mass is 10.2. The van der Waals surface area contributed by atoms with E-state index in [9.17, 15) is 4.79 Å². The molecule has 0 aromatic carbocycles. The second kappa shape index (κ2) is 5.07. The van der Waals surface area contributed by atoms with E-state index in [0.29, 0.717) is 11.6 Å². The lowest BCUT2D eigenvalue weighted by Gasteiger charge is -2.21. The van der Waals surface area contributed by atoms with Gasteiger partial charge in [0, 0.05) is 13.1 Å². The molecule has 5 nitrogen and oxygen atoms in total. The highest BCUT2D eigenvalue weighted by Gasteiger charge is 2.27. The molecule has 0 saturated heterocycles. The number of ether oxygens (including phenoxy) is 2. The summed E-state index contributed by atoms with van der Waals surface area (Å²) in [5, 5.41) is 2.57. The molecule has 5 heteroatoms. The van der Waals surface area contributed by atoms with Crippen LogP contribution >= 0.6 is 0 Å². The molecule has 0 bridgehead atoms. The van der Waals surface area contributed by atoms with Crippen LogP contribution in [0.5, 0.6) is 11.6 Å². The Bertz CT molecular complexity index is 476. The molecule has 1 N–H and O–H groups in total. The van der Waals surface area contributed by atoms with Crippen molar-refractivity contribution in [1.29, 1.82) is 0 Å². The highest BCUT2D eigenvalue weighted by molar-refractivity contribution is 5.94. The zero-order valence-corrected chi connectivity index (χ0v) is 11.8. The SMILES string of the molecule is CNC(=O)c1nc(OC(C)(C)C)ccc1OC1CC1. The first-order valence-electron chi connectivity index (χ1n) is 6.48. The molecule has 0 spiro atoms. The summed E-state index contributed by atoms with van der Waals surface area (Å²) in [6.45, 7) is 5.80. The number of pyridine rings is 1. The van der Waals surface area contributed by atoms with E-state index in [2.05, 4.69) is 10.3 Å². The molecule has 1 aliphatic rings. The molecule has 1 aromatic heterocycles. The molecule has 1 heterocycles. The fourth-order valence-electron chi connectivity index (χ4n) is 1.54. The number of carbonyl (C=O) groups is 1. The molecule has 1 aliphatic carbocycles. The Hall–Kier alpha value is -1.78. The Morgan fingerprint density at radius 2 is 2.05 bits per heavy atom. The van der Waals surface area contributed by atoms with Crippen molar-refractivity contribution in [1.82, 2.24) is 10.3 Å². The van der Waals surface area contributed by atoms with Crippen LogP contribution in [-0.4, -0.2) is 29.6 Å². The van der Waals surface area contributed by atoms with Crippen molar-refractivity contribution >= 4 is 5.91 Å². The van der Waals surface area contributed by atoms with E-state index >= 15 is 0 Å². The predicted molar refractivity (Wildman–Crippen MR) is 71.7 cm³/mol. The van der Waals surface area contributed by atoms with Gasteiger partial charge in [-0.05, 0) is 39.7 Å². The van der Waals surface area contributed by atoms with Gasteiger partial charge in [-0.2, -0.15) is 0 Å². The largest absolute Gasteiger partial charge is 0.488 e. The van der Waals surface area contributed by atoms with Gasteiger partial charge in [0.2, 0.25) is 5.88 Å². The molecule has 104 valence electrons. The third-order valence-corrected chi connectivity index (χ3v) is 2.50. The van der Waals surface area contributed by atoms with E-state index in [1.54, 1.807) is 19.2 Å². The molecule has 0 radical (unpaired) electrons. The maximum atomic E-state index is 11.8. The van der Waals surface area contributed by atoms with Gasteiger partial charge in [-0.3, -0.25) is 4.79 Å². The maximum Gasteiger partial charge on any atom is 0.273 e. The zero-order valence-electron chi connectivity index (χ0n) is 11.8. The van der Waals surface area contributed by atoms with Gasteiger partial charge in [0.05, 0.1) is 6.10 Å². The van der Waals surface area contributed by atoms with Crippen LogP contribution in [0.25, 0.3) is 0 Å². The average molecular weight is 264 g/mol. The first kappa shape index (κ1) is 13.6. The maximum absolute atomic E-state index is 11.8. The topological polar surface area (TPSA) is 60.5 Å². The number of aromatic nitrogens is 1. The Morgan fingerprint density at radius 1 is 1.37 bits per heavy atom. The Labute approximate surface area is 113 Å². The van der Waals surface area contributed by atoms with Gasteiger partial charge in [-0.1, -0.05) is 0 Å². The van der Waals surface area contributed by atoms with Crippen LogP contribution in [0.2, 0.25) is 0 Å². The molecule has 1 amide bonds. The highest BCUT2D eigenvalue weighted by Crippen LogP contribution is 2.30. The summed E-state index contributed by atoms with van der Waals surface area (Å²) in [4.78, 5) is 16.1. The molecule has 0 aliphatic heterocycles. The second-order valence-electron chi connectivity index (χ2n) is 5.61. The van der Waals surface area contributed by atoms with Gasteiger partial charge in [0.15, 0.2) is 11.4 Å². The molecule has 1 saturated carbocycles. The lowest BCUT2D eigenvalue weighted by molar-refractivity contribution is 0.0943. The minimum Gasteiger partial charge on any atom is -0.488 e. The first-order chi connectivity index (χ1) is 8.89. The second-order valence-corrected chi connectivity index (χ2v) is 5.61. The van der Waals surface area contributed by atoms with E-state index in [-0.39, 0.29) is 23.3 Å². The Kier molecular flexibility index (Phi) is 3.64. The van der Waals surface area contributed by atoms with Crippen LogP contribution in [0.3, 0.4) is 0 Å². The smallest absolute Gasteiger partial charge is 0.273 e. The molecular formula is C14H20N2O3. The van der Waals surface area contributed by atoms with Gasteiger partial charge in [-0.25, -0.2) is 4.98 Å². The quantitative estimate of drug-likeness (QED) is 0.905. The van der Waals surface area contributed by atoms with E-state index < -0.39 is 0 Å². The molecule has 1 fully saturated rings. The van der Waals surface area contributed by atoms with Crippen LogP contribution in [0.15, 0.2) is 12.1 Å². The summed E-state index contributed by atoms with van der Waals surface area (Å²) < 4.78 is 11.4. The van der Waals surface area contributed by atoms with Gasteiger partial charge in [0.1, 0.15) is 5.60 Å². The molecule has 19 heavy (non-hydrogen) atoms. The summed E-state index contributed by atoms with van der Waals surface area (Å²) in [5.74, 6) is 0.673. The van der Waals surface area contributed by atoms with E-state index in [1.807, 2.05) is 20.8 Å². The van der Waals surface area contributed by atoms with Crippen molar-refractivity contribution in [2.24, 2.45) is 0 Å². The molecule has 2 rings (SSSR count). The van der Waals surface area contributed by atoms with Crippen molar-refractivity contribution < 1.29 is 14.3 Å². The summed E-state index contributed by atoms with van der Waals surface area (Å²) >= 11 is 0. The number of hydrogen-bond acceptors (Lipinski definition) is 4. The van der Waals surface area contributed by atoms with Crippen molar-refractivity contribution in [3.8, 4) is 11.6 Å². The normalized spacial score (nSPS) is 14.9. The number of rotatable bonds is 4. The van der Waals surface area contributed by atoms with Crippen molar-refractivity contribution in [3.63, 3.8) is 0 Å². The Balaban J connectivity index is 2.26. The first-order valence-corrected chi connectivity index (χ1v) is 6.48. The van der Waals surface area contributed by atoms with E-state index in [1.165, 1.54) is 0 Å². The molecule has 0 unspecified atom stereocenters. The van der Waals surface area contributed by atoms with Gasteiger partial charge >= 0.3 is 0 Å². The average Bonchev–Trinajstić information content (AvgIpc) is 3.12. The van der Waals surface area contributed by atoms with Crippen LogP contribution in [0.4, 0.5) is 0 Å². The van der Waals surface area contributed by atoms with Crippen LogP contribution in [-0.2, 0) is 0 Å². The third-order valence-electron chi connectivity index (χ3n) is 2.50.